The fourth-order valence-electron chi connectivity index (χ4n) is 6.72. The van der Waals surface area contributed by atoms with Crippen LogP contribution in [-0.2, 0) is 23.8 Å². The molecule has 1 atom stereocenters. The number of benzene rings is 2. The van der Waals surface area contributed by atoms with Crippen molar-refractivity contribution in [3.8, 4) is 17.2 Å². The fourth-order valence-corrected chi connectivity index (χ4v) is 6.72. The molecule has 1 aromatic heterocycles. The average molecular weight is 506 g/mol. The molecule has 3 aromatic rings. The molecule has 3 aliphatic heterocycles. The van der Waals surface area contributed by atoms with Crippen LogP contribution < -0.4 is 14.2 Å². The molecule has 0 unspecified atom stereocenters. The first-order chi connectivity index (χ1) is 18.0. The average Bonchev–Trinajstić information content (AvgIpc) is 3.51. The van der Waals surface area contributed by atoms with Gasteiger partial charge in [0.1, 0.15) is 5.75 Å². The van der Waals surface area contributed by atoms with Crippen LogP contribution in [-0.4, -0.2) is 65.5 Å². The van der Waals surface area contributed by atoms with E-state index in [1.54, 1.807) is 7.11 Å². The van der Waals surface area contributed by atoms with E-state index in [0.717, 1.165) is 66.5 Å². The second-order valence-corrected chi connectivity index (χ2v) is 10.5. The number of aryl methyl sites for hydroxylation is 1. The van der Waals surface area contributed by atoms with E-state index in [1.165, 1.54) is 10.9 Å². The molecule has 4 heterocycles. The SMILES string of the molecule is CCC(=O)N1CCC2(CC1)CN(Cc1ccc3c(c1)OCO3)[C@@H](CO)c1c2c2ccc(OC)cc2n1C. The highest BCUT2D eigenvalue weighted by molar-refractivity contribution is 5.89. The largest absolute Gasteiger partial charge is 0.497 e. The summed E-state index contributed by atoms with van der Waals surface area (Å²) in [4.78, 5) is 16.9. The first kappa shape index (κ1) is 24.1. The standard InChI is InChI=1S/C29H35N3O5/c1-4-26(34)31-11-9-29(10-12-31)17-32(15-19-5-8-24-25(13-19)37-18-36-24)23(16-33)28-27(29)21-7-6-20(35-3)14-22(21)30(28)2/h5-8,13-14,23,33H,4,9-12,15-18H2,1-3H3/t23-/m0/s1. The zero-order valence-electron chi connectivity index (χ0n) is 21.8. The normalized spacial score (nSPS) is 20.4. The molecule has 1 N–H and O–H groups in total. The molecule has 8 heteroatoms. The summed E-state index contributed by atoms with van der Waals surface area (Å²) in [6.07, 6.45) is 2.33. The van der Waals surface area contributed by atoms with E-state index in [0.29, 0.717) is 13.0 Å². The lowest BCUT2D eigenvalue weighted by Gasteiger charge is -2.50. The van der Waals surface area contributed by atoms with Gasteiger partial charge in [-0.15, -0.1) is 0 Å². The molecule has 1 amide bonds. The number of rotatable bonds is 5. The number of ether oxygens (including phenoxy) is 3. The molecule has 0 aliphatic carbocycles. The van der Waals surface area contributed by atoms with Crippen LogP contribution in [0.2, 0.25) is 0 Å². The van der Waals surface area contributed by atoms with E-state index < -0.39 is 0 Å². The number of aromatic nitrogens is 1. The van der Waals surface area contributed by atoms with Crippen LogP contribution >= 0.6 is 0 Å². The van der Waals surface area contributed by atoms with Gasteiger partial charge in [-0.1, -0.05) is 13.0 Å². The van der Waals surface area contributed by atoms with E-state index in [2.05, 4.69) is 34.7 Å². The number of fused-ring (bicyclic) bond motifs is 5. The molecule has 8 nitrogen and oxygen atoms in total. The molecule has 6 rings (SSSR count). The molecule has 2 aromatic carbocycles. The summed E-state index contributed by atoms with van der Waals surface area (Å²) < 4.78 is 18.9. The second-order valence-electron chi connectivity index (χ2n) is 10.5. The van der Waals surface area contributed by atoms with Crippen LogP contribution in [0.25, 0.3) is 10.9 Å². The van der Waals surface area contributed by atoms with E-state index in [4.69, 9.17) is 14.2 Å². The Kier molecular flexibility index (Phi) is 6.04. The van der Waals surface area contributed by atoms with Crippen molar-refractivity contribution in [2.24, 2.45) is 7.05 Å². The zero-order chi connectivity index (χ0) is 25.7. The number of hydrogen-bond acceptors (Lipinski definition) is 6. The Balaban J connectivity index is 1.45. The quantitative estimate of drug-likeness (QED) is 0.570. The number of carbonyl (C=O) groups excluding carboxylic acids is 1. The minimum absolute atomic E-state index is 0.0232. The monoisotopic (exact) mass is 505 g/mol. The molecule has 0 radical (unpaired) electrons. The lowest BCUT2D eigenvalue weighted by molar-refractivity contribution is -0.132. The van der Waals surface area contributed by atoms with Gasteiger partial charge in [-0.2, -0.15) is 0 Å². The molecule has 1 saturated heterocycles. The summed E-state index contributed by atoms with van der Waals surface area (Å²) in [5.74, 6) is 2.59. The summed E-state index contributed by atoms with van der Waals surface area (Å²) >= 11 is 0. The van der Waals surface area contributed by atoms with Crippen LogP contribution in [0.4, 0.5) is 0 Å². The Morgan fingerprint density at radius 3 is 2.65 bits per heavy atom. The number of hydrogen-bond donors (Lipinski definition) is 1. The van der Waals surface area contributed by atoms with Crippen molar-refractivity contribution in [2.75, 3.05) is 40.1 Å². The van der Waals surface area contributed by atoms with Crippen LogP contribution in [0.3, 0.4) is 0 Å². The Hall–Kier alpha value is -3.23. The van der Waals surface area contributed by atoms with Gasteiger partial charge in [-0.25, -0.2) is 0 Å². The summed E-state index contributed by atoms with van der Waals surface area (Å²) in [5, 5.41) is 12.0. The number of aliphatic hydroxyl groups excluding tert-OH is 1. The highest BCUT2D eigenvalue weighted by Gasteiger charge is 2.48. The van der Waals surface area contributed by atoms with E-state index in [1.807, 2.05) is 30.0 Å². The van der Waals surface area contributed by atoms with Crippen molar-refractivity contribution < 1.29 is 24.1 Å². The summed E-state index contributed by atoms with van der Waals surface area (Å²) in [6, 6.07) is 12.2. The van der Waals surface area contributed by atoms with Crippen molar-refractivity contribution in [1.82, 2.24) is 14.4 Å². The number of likely N-dealkylation sites (tertiary alicyclic amines) is 1. The topological polar surface area (TPSA) is 76.4 Å². The van der Waals surface area contributed by atoms with Gasteiger partial charge >= 0.3 is 0 Å². The highest BCUT2D eigenvalue weighted by atomic mass is 16.7. The molecule has 196 valence electrons. The van der Waals surface area contributed by atoms with Gasteiger partial charge in [0.25, 0.3) is 0 Å². The van der Waals surface area contributed by atoms with Crippen molar-refractivity contribution in [3.63, 3.8) is 0 Å². The van der Waals surface area contributed by atoms with E-state index in [-0.39, 0.29) is 30.8 Å². The summed E-state index contributed by atoms with van der Waals surface area (Å²) in [7, 11) is 3.78. The van der Waals surface area contributed by atoms with Crippen molar-refractivity contribution in [3.05, 3.63) is 53.2 Å². The number of amides is 1. The van der Waals surface area contributed by atoms with Crippen LogP contribution in [0.1, 0.15) is 49.0 Å². The van der Waals surface area contributed by atoms with Gasteiger partial charge in [0.15, 0.2) is 11.5 Å². The van der Waals surface area contributed by atoms with Gasteiger partial charge in [0, 0.05) is 62.2 Å². The highest BCUT2D eigenvalue weighted by Crippen LogP contribution is 2.50. The smallest absolute Gasteiger partial charge is 0.231 e. The second kappa shape index (κ2) is 9.26. The molecule has 3 aliphatic rings. The maximum absolute atomic E-state index is 12.5. The molecule has 0 bridgehead atoms. The Morgan fingerprint density at radius 1 is 1.14 bits per heavy atom. The van der Waals surface area contributed by atoms with E-state index >= 15 is 0 Å². The Labute approximate surface area is 217 Å². The first-order valence-electron chi connectivity index (χ1n) is 13.2. The van der Waals surface area contributed by atoms with Crippen LogP contribution in [0, 0.1) is 0 Å². The van der Waals surface area contributed by atoms with Crippen molar-refractivity contribution in [2.45, 2.75) is 44.2 Å². The molecule has 37 heavy (non-hydrogen) atoms. The van der Waals surface area contributed by atoms with Gasteiger partial charge in [0.2, 0.25) is 12.7 Å². The van der Waals surface area contributed by atoms with Crippen molar-refractivity contribution in [1.29, 1.82) is 0 Å². The number of aliphatic hydroxyl groups is 1. The maximum Gasteiger partial charge on any atom is 0.231 e. The third kappa shape index (κ3) is 3.85. The van der Waals surface area contributed by atoms with Gasteiger partial charge < -0.3 is 28.8 Å². The van der Waals surface area contributed by atoms with Crippen LogP contribution in [0.15, 0.2) is 36.4 Å². The molecule has 1 fully saturated rings. The maximum atomic E-state index is 12.5. The lowest BCUT2D eigenvalue weighted by Crippen LogP contribution is -2.54. The number of nitrogens with zero attached hydrogens (tertiary/aromatic N) is 3. The van der Waals surface area contributed by atoms with E-state index in [9.17, 15) is 9.90 Å². The van der Waals surface area contributed by atoms with Crippen LogP contribution in [0.5, 0.6) is 17.2 Å². The first-order valence-corrected chi connectivity index (χ1v) is 13.2. The van der Waals surface area contributed by atoms with Crippen molar-refractivity contribution >= 4 is 16.8 Å². The number of methoxy groups -OCH3 is 1. The van der Waals surface area contributed by atoms with Gasteiger partial charge in [-0.05, 0) is 48.2 Å². The predicted octanol–water partition coefficient (Wildman–Crippen LogP) is 3.74. The molecule has 1 spiro atoms. The number of piperidine rings is 1. The van der Waals surface area contributed by atoms with Gasteiger partial charge in [-0.3, -0.25) is 9.69 Å². The summed E-state index contributed by atoms with van der Waals surface area (Å²) in [6.45, 7) is 5.21. The Morgan fingerprint density at radius 2 is 1.92 bits per heavy atom. The predicted molar refractivity (Wildman–Crippen MR) is 140 cm³/mol. The number of carbonyl (C=O) groups is 1. The third-order valence-corrected chi connectivity index (χ3v) is 8.62. The minimum Gasteiger partial charge on any atom is -0.497 e. The fraction of sp³-hybridized carbons (Fsp3) is 0.483. The van der Waals surface area contributed by atoms with Gasteiger partial charge in [0.05, 0.1) is 25.3 Å². The lowest BCUT2D eigenvalue weighted by atomic mass is 9.68. The third-order valence-electron chi connectivity index (χ3n) is 8.62. The molecular formula is C29H35N3O5. The molecule has 0 saturated carbocycles. The Bertz CT molecular complexity index is 1340. The summed E-state index contributed by atoms with van der Waals surface area (Å²) in [5.41, 5.74) is 4.61. The minimum atomic E-state index is -0.148. The zero-order valence-corrected chi connectivity index (χ0v) is 21.8. The molecular weight excluding hydrogens is 470 g/mol.